The van der Waals surface area contributed by atoms with Gasteiger partial charge in [0.05, 0.1) is 0 Å². The van der Waals surface area contributed by atoms with Gasteiger partial charge in [-0.2, -0.15) is 0 Å². The van der Waals surface area contributed by atoms with Crippen LogP contribution in [0.3, 0.4) is 0 Å². The standard InChI is InChI=1S/C19H27N5O5/c1-20-17(27)14-4-3-9-24(14)18(28)11-5-7-12(8-6-11)21-15(25)13-10-23(2)19(29)22-16(13)26/h10-12,14H,3-9H2,1-2H3,(H,20,27)(H,21,25)(H,22,26,29)/t11?,12?,14-/m1/s1. The fraction of sp³-hybridized carbons (Fsp3) is 0.632. The van der Waals surface area contributed by atoms with E-state index in [4.69, 9.17) is 0 Å². The lowest BCUT2D eigenvalue weighted by Gasteiger charge is -2.32. The van der Waals surface area contributed by atoms with Crippen molar-refractivity contribution in [3.05, 3.63) is 32.6 Å². The molecule has 1 aliphatic carbocycles. The van der Waals surface area contributed by atoms with Crippen LogP contribution in [0.25, 0.3) is 0 Å². The Labute approximate surface area is 167 Å². The van der Waals surface area contributed by atoms with Gasteiger partial charge in [-0.1, -0.05) is 0 Å². The number of H-pyrrole nitrogens is 1. The summed E-state index contributed by atoms with van der Waals surface area (Å²) < 4.78 is 1.14. The van der Waals surface area contributed by atoms with Gasteiger partial charge < -0.3 is 20.1 Å². The summed E-state index contributed by atoms with van der Waals surface area (Å²) in [6, 6.07) is -0.530. The lowest BCUT2D eigenvalue weighted by molar-refractivity contribution is -0.142. The minimum Gasteiger partial charge on any atom is -0.357 e. The van der Waals surface area contributed by atoms with Gasteiger partial charge in [0.25, 0.3) is 11.5 Å². The van der Waals surface area contributed by atoms with Gasteiger partial charge in [-0.3, -0.25) is 24.2 Å². The Kier molecular flexibility index (Phi) is 6.19. The molecule has 1 aromatic heterocycles. The number of nitrogens with zero attached hydrogens (tertiary/aromatic N) is 2. The van der Waals surface area contributed by atoms with E-state index in [1.54, 1.807) is 11.9 Å². The van der Waals surface area contributed by atoms with Crippen molar-refractivity contribution in [1.82, 2.24) is 25.1 Å². The maximum atomic E-state index is 12.9. The summed E-state index contributed by atoms with van der Waals surface area (Å²) in [5.41, 5.74) is -1.41. The first-order valence-corrected chi connectivity index (χ1v) is 9.94. The van der Waals surface area contributed by atoms with Crippen LogP contribution in [0.4, 0.5) is 0 Å². The van der Waals surface area contributed by atoms with Crippen molar-refractivity contribution in [1.29, 1.82) is 0 Å². The molecule has 3 rings (SSSR count). The molecule has 1 aromatic rings. The van der Waals surface area contributed by atoms with Crippen LogP contribution in [0, 0.1) is 5.92 Å². The highest BCUT2D eigenvalue weighted by Crippen LogP contribution is 2.29. The van der Waals surface area contributed by atoms with E-state index in [0.29, 0.717) is 38.6 Å². The van der Waals surface area contributed by atoms with Crippen molar-refractivity contribution in [2.45, 2.75) is 50.6 Å². The van der Waals surface area contributed by atoms with E-state index < -0.39 is 17.2 Å². The van der Waals surface area contributed by atoms with Crippen molar-refractivity contribution < 1.29 is 14.4 Å². The second-order valence-corrected chi connectivity index (χ2v) is 7.74. The van der Waals surface area contributed by atoms with Gasteiger partial charge in [0.1, 0.15) is 11.6 Å². The zero-order valence-electron chi connectivity index (χ0n) is 16.7. The molecule has 1 aliphatic heterocycles. The van der Waals surface area contributed by atoms with E-state index in [2.05, 4.69) is 15.6 Å². The van der Waals surface area contributed by atoms with E-state index >= 15 is 0 Å². The molecule has 1 saturated heterocycles. The molecule has 2 fully saturated rings. The van der Waals surface area contributed by atoms with E-state index in [1.807, 2.05) is 0 Å². The summed E-state index contributed by atoms with van der Waals surface area (Å²) >= 11 is 0. The summed E-state index contributed by atoms with van der Waals surface area (Å²) in [6.07, 6.45) is 5.19. The first-order chi connectivity index (χ1) is 13.8. The molecular weight excluding hydrogens is 378 g/mol. The zero-order valence-corrected chi connectivity index (χ0v) is 16.7. The number of rotatable bonds is 4. The second-order valence-electron chi connectivity index (χ2n) is 7.74. The van der Waals surface area contributed by atoms with Crippen molar-refractivity contribution in [3.8, 4) is 0 Å². The summed E-state index contributed by atoms with van der Waals surface area (Å²) in [4.78, 5) is 64.3. The molecule has 2 heterocycles. The van der Waals surface area contributed by atoms with E-state index in [9.17, 15) is 24.0 Å². The minimum absolute atomic E-state index is 0.00961. The number of carbonyl (C=O) groups is 3. The van der Waals surface area contributed by atoms with Crippen molar-refractivity contribution >= 4 is 17.7 Å². The number of hydrogen-bond acceptors (Lipinski definition) is 5. The van der Waals surface area contributed by atoms with Crippen LogP contribution in [-0.2, 0) is 16.6 Å². The molecular formula is C19H27N5O5. The molecule has 3 N–H and O–H groups in total. The molecule has 0 unspecified atom stereocenters. The van der Waals surface area contributed by atoms with E-state index in [1.165, 1.54) is 13.2 Å². The Hall–Kier alpha value is -2.91. The molecule has 0 bridgehead atoms. The quantitative estimate of drug-likeness (QED) is 0.597. The maximum Gasteiger partial charge on any atom is 0.328 e. The van der Waals surface area contributed by atoms with Crippen molar-refractivity contribution in [2.75, 3.05) is 13.6 Å². The van der Waals surface area contributed by atoms with Crippen LogP contribution in [0.5, 0.6) is 0 Å². The van der Waals surface area contributed by atoms with E-state index in [0.717, 1.165) is 11.0 Å². The van der Waals surface area contributed by atoms with Crippen LogP contribution in [0.1, 0.15) is 48.9 Å². The van der Waals surface area contributed by atoms with Gasteiger partial charge in [-0.05, 0) is 38.5 Å². The summed E-state index contributed by atoms with van der Waals surface area (Å²) in [7, 11) is 3.03. The lowest BCUT2D eigenvalue weighted by Crippen LogP contribution is -2.48. The molecule has 158 valence electrons. The van der Waals surface area contributed by atoms with Gasteiger partial charge in [0, 0.05) is 38.8 Å². The predicted molar refractivity (Wildman–Crippen MR) is 104 cm³/mol. The highest BCUT2D eigenvalue weighted by Gasteiger charge is 2.38. The average Bonchev–Trinajstić information content (AvgIpc) is 3.20. The van der Waals surface area contributed by atoms with Crippen LogP contribution in [-0.4, -0.2) is 57.8 Å². The summed E-state index contributed by atoms with van der Waals surface area (Å²) in [5.74, 6) is -0.806. The molecule has 2 aliphatic rings. The normalized spacial score (nSPS) is 24.2. The first kappa shape index (κ1) is 20.8. The Morgan fingerprint density at radius 2 is 1.79 bits per heavy atom. The molecule has 1 atom stereocenters. The Morgan fingerprint density at radius 3 is 2.45 bits per heavy atom. The number of nitrogens with one attached hydrogen (secondary N) is 3. The van der Waals surface area contributed by atoms with Crippen LogP contribution < -0.4 is 21.9 Å². The number of likely N-dealkylation sites (N-methyl/N-ethyl adjacent to an activating group) is 1. The summed E-state index contributed by atoms with van der Waals surface area (Å²) in [5, 5.41) is 5.45. The smallest absolute Gasteiger partial charge is 0.328 e. The van der Waals surface area contributed by atoms with Crippen molar-refractivity contribution in [3.63, 3.8) is 0 Å². The Bertz CT molecular complexity index is 912. The van der Waals surface area contributed by atoms with Gasteiger partial charge in [0.15, 0.2) is 0 Å². The van der Waals surface area contributed by atoms with Gasteiger partial charge >= 0.3 is 5.69 Å². The number of amides is 3. The third-order valence-corrected chi connectivity index (χ3v) is 5.85. The van der Waals surface area contributed by atoms with Gasteiger partial charge in [-0.25, -0.2) is 4.79 Å². The maximum absolute atomic E-state index is 12.9. The molecule has 3 amide bonds. The number of carbonyl (C=O) groups excluding carboxylic acids is 3. The number of aryl methyl sites for hydroxylation is 1. The molecule has 10 heteroatoms. The highest BCUT2D eigenvalue weighted by molar-refractivity contribution is 5.93. The molecule has 29 heavy (non-hydrogen) atoms. The monoisotopic (exact) mass is 405 g/mol. The second kappa shape index (κ2) is 8.62. The summed E-state index contributed by atoms with van der Waals surface area (Å²) in [6.45, 7) is 0.600. The predicted octanol–water partition coefficient (Wildman–Crippen LogP) is -0.901. The van der Waals surface area contributed by atoms with Crippen LogP contribution >= 0.6 is 0 Å². The highest BCUT2D eigenvalue weighted by atomic mass is 16.2. The van der Waals surface area contributed by atoms with Gasteiger partial charge in [0.2, 0.25) is 11.8 Å². The molecule has 10 nitrogen and oxygen atoms in total. The molecule has 0 aromatic carbocycles. The van der Waals surface area contributed by atoms with Crippen LogP contribution in [0.2, 0.25) is 0 Å². The Balaban J connectivity index is 1.57. The first-order valence-electron chi connectivity index (χ1n) is 9.94. The number of aromatic amines is 1. The third-order valence-electron chi connectivity index (χ3n) is 5.85. The lowest BCUT2D eigenvalue weighted by atomic mass is 9.85. The zero-order chi connectivity index (χ0) is 21.1. The van der Waals surface area contributed by atoms with Gasteiger partial charge in [-0.15, -0.1) is 0 Å². The van der Waals surface area contributed by atoms with E-state index in [-0.39, 0.29) is 35.4 Å². The van der Waals surface area contributed by atoms with Crippen LogP contribution in [0.15, 0.2) is 15.8 Å². The average molecular weight is 405 g/mol. The number of aromatic nitrogens is 2. The number of hydrogen-bond donors (Lipinski definition) is 3. The SMILES string of the molecule is CNC(=O)[C@H]1CCCN1C(=O)C1CCC(NC(=O)c2cn(C)c(=O)[nH]c2=O)CC1. The minimum atomic E-state index is -0.719. The molecule has 0 spiro atoms. The Morgan fingerprint density at radius 1 is 1.10 bits per heavy atom. The fourth-order valence-electron chi connectivity index (χ4n) is 4.18. The molecule has 1 saturated carbocycles. The third kappa shape index (κ3) is 4.41. The number of likely N-dealkylation sites (tertiary alicyclic amines) is 1. The topological polar surface area (TPSA) is 133 Å². The molecule has 0 radical (unpaired) electrons. The van der Waals surface area contributed by atoms with Crippen molar-refractivity contribution in [2.24, 2.45) is 13.0 Å². The fourth-order valence-corrected chi connectivity index (χ4v) is 4.18. The largest absolute Gasteiger partial charge is 0.357 e.